The van der Waals surface area contributed by atoms with Gasteiger partial charge in [0.1, 0.15) is 5.15 Å². The molecule has 0 bridgehead atoms. The Morgan fingerprint density at radius 1 is 1.33 bits per heavy atom. The highest BCUT2D eigenvalue weighted by molar-refractivity contribution is 6.36. The Balaban J connectivity index is 2.97. The van der Waals surface area contributed by atoms with E-state index in [4.69, 9.17) is 23.2 Å². The van der Waals surface area contributed by atoms with Gasteiger partial charge in [-0.3, -0.25) is 4.79 Å². The number of pyridine rings is 1. The zero-order chi connectivity index (χ0) is 11.0. The van der Waals surface area contributed by atoms with Gasteiger partial charge in [-0.05, 0) is 18.6 Å². The van der Waals surface area contributed by atoms with Crippen molar-refractivity contribution in [3.63, 3.8) is 0 Å². The molecule has 0 unspecified atom stereocenters. The molecular weight excluding hydrogens is 233 g/mol. The number of halogens is 2. The average molecular weight is 240 g/mol. The van der Waals surface area contributed by atoms with E-state index >= 15 is 0 Å². The van der Waals surface area contributed by atoms with Gasteiger partial charge in [0.2, 0.25) is 0 Å². The maximum absolute atomic E-state index is 10.8. The predicted molar refractivity (Wildman–Crippen MR) is 61.9 cm³/mol. The first kappa shape index (κ1) is 10.4. The number of nitrogens with zero attached hydrogens (tertiary/aromatic N) is 1. The minimum Gasteiger partial charge on any atom is -0.298 e. The smallest absolute Gasteiger partial charge is 0.153 e. The molecule has 76 valence electrons. The minimum absolute atomic E-state index is 0.197. The van der Waals surface area contributed by atoms with E-state index in [0.717, 1.165) is 10.9 Å². The molecular formula is C11H7Cl2NO. The Morgan fingerprint density at radius 2 is 2.07 bits per heavy atom. The lowest BCUT2D eigenvalue weighted by molar-refractivity contribution is 0.112. The summed E-state index contributed by atoms with van der Waals surface area (Å²) in [6, 6.07) is 5.43. The van der Waals surface area contributed by atoms with Crippen LogP contribution in [0.5, 0.6) is 0 Å². The van der Waals surface area contributed by atoms with Crippen LogP contribution in [0.4, 0.5) is 0 Å². The van der Waals surface area contributed by atoms with E-state index in [1.54, 1.807) is 6.07 Å². The largest absolute Gasteiger partial charge is 0.298 e. The van der Waals surface area contributed by atoms with Gasteiger partial charge in [0.15, 0.2) is 6.29 Å². The van der Waals surface area contributed by atoms with Crippen molar-refractivity contribution in [2.45, 2.75) is 6.92 Å². The maximum atomic E-state index is 10.8. The Kier molecular flexibility index (Phi) is 2.63. The number of para-hydroxylation sites is 1. The quantitative estimate of drug-likeness (QED) is 0.562. The average Bonchev–Trinajstić information content (AvgIpc) is 2.20. The Hall–Kier alpha value is -1.12. The fourth-order valence-electron chi connectivity index (χ4n) is 1.53. The first-order chi connectivity index (χ1) is 7.15. The third-order valence-electron chi connectivity index (χ3n) is 2.34. The molecule has 0 N–H and O–H groups in total. The third-order valence-corrected chi connectivity index (χ3v) is 2.94. The van der Waals surface area contributed by atoms with Crippen LogP contribution in [0.15, 0.2) is 18.2 Å². The summed E-state index contributed by atoms with van der Waals surface area (Å²) in [6.45, 7) is 1.83. The summed E-state index contributed by atoms with van der Waals surface area (Å²) in [6.07, 6.45) is 0.713. The van der Waals surface area contributed by atoms with Gasteiger partial charge in [0.05, 0.1) is 16.1 Å². The molecule has 0 aliphatic rings. The van der Waals surface area contributed by atoms with E-state index < -0.39 is 0 Å². The SMILES string of the molecule is Cc1c(C=O)c(Cl)nc2c(Cl)cccc12. The predicted octanol–water partition coefficient (Wildman–Crippen LogP) is 3.66. The number of aldehydes is 1. The molecule has 2 aromatic rings. The van der Waals surface area contributed by atoms with Gasteiger partial charge in [-0.25, -0.2) is 4.98 Å². The van der Waals surface area contributed by atoms with Crippen LogP contribution in [0.1, 0.15) is 15.9 Å². The lowest BCUT2D eigenvalue weighted by atomic mass is 10.1. The highest BCUT2D eigenvalue weighted by Gasteiger charge is 2.11. The second-order valence-corrected chi connectivity index (χ2v) is 3.96. The van der Waals surface area contributed by atoms with Crippen LogP contribution in [0, 0.1) is 6.92 Å². The fourth-order valence-corrected chi connectivity index (χ4v) is 2.01. The Bertz CT molecular complexity index is 552. The molecule has 0 radical (unpaired) electrons. The molecule has 1 heterocycles. The summed E-state index contributed by atoms with van der Waals surface area (Å²) in [5.41, 5.74) is 1.86. The van der Waals surface area contributed by atoms with Crippen LogP contribution in [-0.2, 0) is 0 Å². The van der Waals surface area contributed by atoms with Crippen LogP contribution in [0.3, 0.4) is 0 Å². The zero-order valence-corrected chi connectivity index (χ0v) is 9.43. The zero-order valence-electron chi connectivity index (χ0n) is 7.92. The van der Waals surface area contributed by atoms with Crippen LogP contribution in [0.2, 0.25) is 10.2 Å². The fraction of sp³-hybridized carbons (Fsp3) is 0.0909. The summed E-state index contributed by atoms with van der Waals surface area (Å²) < 4.78 is 0. The summed E-state index contributed by atoms with van der Waals surface area (Å²) >= 11 is 11.9. The van der Waals surface area contributed by atoms with Crippen molar-refractivity contribution >= 4 is 40.4 Å². The number of carbonyl (C=O) groups is 1. The van der Waals surface area contributed by atoms with Crippen molar-refractivity contribution in [3.05, 3.63) is 39.5 Å². The van der Waals surface area contributed by atoms with Gasteiger partial charge in [-0.2, -0.15) is 0 Å². The first-order valence-corrected chi connectivity index (χ1v) is 5.10. The second-order valence-electron chi connectivity index (χ2n) is 3.20. The minimum atomic E-state index is 0.197. The number of aryl methyl sites for hydroxylation is 1. The van der Waals surface area contributed by atoms with Crippen molar-refractivity contribution in [2.24, 2.45) is 0 Å². The molecule has 0 spiro atoms. The van der Waals surface area contributed by atoms with Crippen LogP contribution in [0.25, 0.3) is 10.9 Å². The van der Waals surface area contributed by atoms with E-state index in [1.165, 1.54) is 0 Å². The number of aromatic nitrogens is 1. The molecule has 0 amide bonds. The van der Waals surface area contributed by atoms with Crippen molar-refractivity contribution in [1.82, 2.24) is 4.98 Å². The summed E-state index contributed by atoms with van der Waals surface area (Å²) in [5.74, 6) is 0. The third kappa shape index (κ3) is 1.60. The van der Waals surface area contributed by atoms with E-state index in [-0.39, 0.29) is 5.15 Å². The number of rotatable bonds is 1. The van der Waals surface area contributed by atoms with E-state index in [0.29, 0.717) is 22.4 Å². The van der Waals surface area contributed by atoms with Crippen molar-refractivity contribution in [1.29, 1.82) is 0 Å². The molecule has 0 saturated heterocycles. The van der Waals surface area contributed by atoms with Crippen LogP contribution >= 0.6 is 23.2 Å². The van der Waals surface area contributed by atoms with Gasteiger partial charge in [-0.15, -0.1) is 0 Å². The topological polar surface area (TPSA) is 30.0 Å². The van der Waals surface area contributed by atoms with Crippen LogP contribution in [-0.4, -0.2) is 11.3 Å². The molecule has 15 heavy (non-hydrogen) atoms. The second kappa shape index (κ2) is 3.80. The molecule has 2 nitrogen and oxygen atoms in total. The Morgan fingerprint density at radius 3 is 2.73 bits per heavy atom. The van der Waals surface area contributed by atoms with Gasteiger partial charge < -0.3 is 0 Å². The maximum Gasteiger partial charge on any atom is 0.153 e. The van der Waals surface area contributed by atoms with Crippen molar-refractivity contribution < 1.29 is 4.79 Å². The molecule has 1 aromatic heterocycles. The molecule has 4 heteroatoms. The molecule has 2 rings (SSSR count). The normalized spacial score (nSPS) is 10.6. The van der Waals surface area contributed by atoms with Gasteiger partial charge >= 0.3 is 0 Å². The van der Waals surface area contributed by atoms with E-state index in [1.807, 2.05) is 19.1 Å². The van der Waals surface area contributed by atoms with Gasteiger partial charge in [0, 0.05) is 5.39 Å². The monoisotopic (exact) mass is 239 g/mol. The molecule has 0 fully saturated rings. The highest BCUT2D eigenvalue weighted by Crippen LogP contribution is 2.28. The highest BCUT2D eigenvalue weighted by atomic mass is 35.5. The van der Waals surface area contributed by atoms with E-state index in [9.17, 15) is 4.79 Å². The van der Waals surface area contributed by atoms with Gasteiger partial charge in [0.25, 0.3) is 0 Å². The van der Waals surface area contributed by atoms with Crippen molar-refractivity contribution in [3.8, 4) is 0 Å². The number of carbonyl (C=O) groups excluding carboxylic acids is 1. The molecule has 1 aromatic carbocycles. The summed E-state index contributed by atoms with van der Waals surface area (Å²) in [7, 11) is 0. The summed E-state index contributed by atoms with van der Waals surface area (Å²) in [4.78, 5) is 14.9. The molecule has 0 saturated carbocycles. The lowest BCUT2D eigenvalue weighted by Crippen LogP contribution is -1.94. The summed E-state index contributed by atoms with van der Waals surface area (Å²) in [5, 5.41) is 1.59. The van der Waals surface area contributed by atoms with Gasteiger partial charge in [-0.1, -0.05) is 35.3 Å². The first-order valence-electron chi connectivity index (χ1n) is 4.34. The van der Waals surface area contributed by atoms with Crippen LogP contribution < -0.4 is 0 Å². The molecule has 0 atom stereocenters. The molecule has 0 aliphatic heterocycles. The number of hydrogen-bond donors (Lipinski definition) is 0. The number of hydrogen-bond acceptors (Lipinski definition) is 2. The van der Waals surface area contributed by atoms with E-state index in [2.05, 4.69) is 4.98 Å². The Labute approximate surface area is 96.8 Å². The molecule has 0 aliphatic carbocycles. The standard InChI is InChI=1S/C11H7Cl2NO/c1-6-7-3-2-4-9(12)10(7)14-11(13)8(6)5-15/h2-5H,1H3. The van der Waals surface area contributed by atoms with Crippen molar-refractivity contribution in [2.75, 3.05) is 0 Å². The number of fused-ring (bicyclic) bond motifs is 1. The lowest BCUT2D eigenvalue weighted by Gasteiger charge is -2.07. The number of benzene rings is 1.